The molecule has 0 radical (unpaired) electrons. The molecule has 0 aromatic carbocycles. The van der Waals surface area contributed by atoms with Crippen LogP contribution in [0.25, 0.3) is 0 Å². The summed E-state index contributed by atoms with van der Waals surface area (Å²) in [4.78, 5) is 47.1. The van der Waals surface area contributed by atoms with E-state index in [2.05, 4.69) is 11.1 Å². The smallest absolute Gasteiger partial charge is 0.249 e. The second-order valence-corrected chi connectivity index (χ2v) is 8.30. The molecule has 10 heteroatoms. The molecule has 0 unspecified atom stereocenters. The number of thioether (sulfide) groups is 1. The largest absolute Gasteiger partial charge is 0.548 e. The fourth-order valence-electron chi connectivity index (χ4n) is 3.00. The number of nitrogens with one attached hydrogen (secondary N) is 1. The van der Waals surface area contributed by atoms with Gasteiger partial charge in [-0.1, -0.05) is 0 Å². The van der Waals surface area contributed by atoms with E-state index >= 15 is 0 Å². The van der Waals surface area contributed by atoms with E-state index in [-0.39, 0.29) is 18.7 Å². The predicted octanol–water partition coefficient (Wildman–Crippen LogP) is -4.19. The normalized spacial score (nSPS) is 28.7. The number of β-lactam (4-membered cyclic amide) rings is 1. The number of quaternary nitrogens is 1. The number of hydrogen-bond acceptors (Lipinski definition) is 7. The van der Waals surface area contributed by atoms with Gasteiger partial charge in [0, 0.05) is 17.6 Å². The third kappa shape index (κ3) is 3.34. The van der Waals surface area contributed by atoms with Crippen LogP contribution in [0, 0.1) is 0 Å². The lowest BCUT2D eigenvalue weighted by atomic mass is 9.96. The van der Waals surface area contributed by atoms with Gasteiger partial charge in [-0.05, 0) is 20.3 Å². The maximum absolute atomic E-state index is 12.2. The number of carboxylic acid groups (broad SMARTS) is 2. The van der Waals surface area contributed by atoms with Gasteiger partial charge in [-0.25, -0.2) is 0 Å². The van der Waals surface area contributed by atoms with Crippen LogP contribution in [-0.2, 0) is 19.2 Å². The lowest BCUT2D eigenvalue weighted by Crippen LogP contribution is -2.71. The van der Waals surface area contributed by atoms with Gasteiger partial charge in [0.25, 0.3) is 0 Å². The third-order valence-electron chi connectivity index (χ3n) is 4.27. The maximum Gasteiger partial charge on any atom is 0.249 e. The Morgan fingerprint density at radius 3 is 2.54 bits per heavy atom. The maximum atomic E-state index is 12.2. The Morgan fingerprint density at radius 1 is 1.38 bits per heavy atom. The van der Waals surface area contributed by atoms with E-state index in [1.165, 1.54) is 16.7 Å². The lowest BCUT2D eigenvalue weighted by molar-refractivity contribution is -0.438. The number of nitrogens with zero attached hydrogens (tertiary/aromatic N) is 1. The Kier molecular flexibility index (Phi) is 5.09. The van der Waals surface area contributed by atoms with Crippen molar-refractivity contribution in [3.8, 4) is 0 Å². The first-order valence-electron chi connectivity index (χ1n) is 7.60. The number of hydrogen-bond donors (Lipinski definition) is 2. The van der Waals surface area contributed by atoms with Crippen molar-refractivity contribution in [1.29, 1.82) is 0 Å². The number of amides is 2. The minimum Gasteiger partial charge on any atom is -0.548 e. The topological polar surface area (TPSA) is 157 Å². The molecule has 2 fully saturated rings. The molecule has 2 heterocycles. The molecule has 0 aliphatic carbocycles. The third-order valence-corrected chi connectivity index (χ3v) is 5.84. The average molecular weight is 358 g/mol. The van der Waals surface area contributed by atoms with Gasteiger partial charge in [0.1, 0.15) is 17.5 Å². The molecule has 2 amide bonds. The summed E-state index contributed by atoms with van der Waals surface area (Å²) in [5.74, 6) is -3.39. The summed E-state index contributed by atoms with van der Waals surface area (Å²) in [6, 6.07) is -2.67. The van der Waals surface area contributed by atoms with Gasteiger partial charge >= 0.3 is 0 Å². The molecule has 2 aliphatic heterocycles. The molecule has 2 rings (SSSR count). The molecule has 4 atom stereocenters. The standard InChI is InChI=1S/C14H21N3O6S/c1-14(2)9(13(22)23)17-10(19)8(11(17)24-14)16-7(18)5-3-4-6(15)12(20)21/h6,8-9,11H,3-5,15H2,1-2H3,(H,16,18)(H,20,21)(H,22,23)/p-1/t6-,8+,9-,11+/m0/s1. The molecular weight excluding hydrogens is 338 g/mol. The van der Waals surface area contributed by atoms with Crippen LogP contribution in [0.5, 0.6) is 0 Å². The van der Waals surface area contributed by atoms with Crippen LogP contribution in [0.15, 0.2) is 0 Å². The van der Waals surface area contributed by atoms with Crippen molar-refractivity contribution in [2.45, 2.75) is 61.4 Å². The van der Waals surface area contributed by atoms with E-state index in [0.717, 1.165) is 0 Å². The van der Waals surface area contributed by atoms with Crippen LogP contribution in [0.2, 0.25) is 0 Å². The van der Waals surface area contributed by atoms with Crippen LogP contribution in [0.3, 0.4) is 0 Å². The molecule has 0 aromatic rings. The highest BCUT2D eigenvalue weighted by molar-refractivity contribution is 8.01. The predicted molar refractivity (Wildman–Crippen MR) is 78.6 cm³/mol. The average Bonchev–Trinajstić information content (AvgIpc) is 2.73. The van der Waals surface area contributed by atoms with Crippen LogP contribution < -0.4 is 21.3 Å². The van der Waals surface area contributed by atoms with Crippen LogP contribution in [-0.4, -0.2) is 56.9 Å². The highest BCUT2D eigenvalue weighted by Crippen LogP contribution is 2.50. The number of carbonyl (C=O) groups is 4. The van der Waals surface area contributed by atoms with Crippen LogP contribution in [0.1, 0.15) is 33.1 Å². The Balaban J connectivity index is 1.87. The van der Waals surface area contributed by atoms with Crippen molar-refractivity contribution in [1.82, 2.24) is 10.2 Å². The summed E-state index contributed by atoms with van der Waals surface area (Å²) in [6.07, 6.45) is 0.579. The summed E-state index contributed by atoms with van der Waals surface area (Å²) < 4.78 is -0.700. The fraction of sp³-hybridized carbons (Fsp3) is 0.714. The van der Waals surface area contributed by atoms with Gasteiger partial charge in [0.2, 0.25) is 11.8 Å². The molecule has 2 aliphatic rings. The van der Waals surface area contributed by atoms with Crippen molar-refractivity contribution in [3.05, 3.63) is 0 Å². The number of carbonyl (C=O) groups excluding carboxylic acids is 4. The molecule has 24 heavy (non-hydrogen) atoms. The molecule has 0 aromatic heterocycles. The van der Waals surface area contributed by atoms with Gasteiger partial charge in [-0.2, -0.15) is 0 Å². The SMILES string of the molecule is CC1(C)S[C@@H]2[C@H](NC(=O)CCC[C@H]([NH3+])C(=O)[O-])C(=O)N2[C@H]1C(=O)[O-]. The molecular formula is C14H20N3O6S-. The Labute approximate surface area is 142 Å². The summed E-state index contributed by atoms with van der Waals surface area (Å²) in [7, 11) is 0. The van der Waals surface area contributed by atoms with Gasteiger partial charge < -0.3 is 35.8 Å². The number of carboxylic acids is 2. The first-order valence-corrected chi connectivity index (χ1v) is 8.48. The van der Waals surface area contributed by atoms with Crippen molar-refractivity contribution >= 4 is 35.5 Å². The molecule has 2 saturated heterocycles. The summed E-state index contributed by atoms with van der Waals surface area (Å²) in [6.45, 7) is 3.44. The second-order valence-electron chi connectivity index (χ2n) is 6.53. The highest BCUT2D eigenvalue weighted by atomic mass is 32.2. The lowest BCUT2D eigenvalue weighted by Gasteiger charge is -2.45. The fourth-order valence-corrected chi connectivity index (χ4v) is 4.62. The molecule has 134 valence electrons. The zero-order chi connectivity index (χ0) is 18.2. The number of aliphatic carboxylic acids is 2. The van der Waals surface area contributed by atoms with E-state index in [1.807, 2.05) is 0 Å². The molecule has 9 nitrogen and oxygen atoms in total. The van der Waals surface area contributed by atoms with E-state index in [1.54, 1.807) is 13.8 Å². The van der Waals surface area contributed by atoms with Gasteiger partial charge in [-0.15, -0.1) is 11.8 Å². The van der Waals surface area contributed by atoms with Gasteiger partial charge in [0.05, 0.1) is 18.0 Å². The Hall–Kier alpha value is -1.81. The van der Waals surface area contributed by atoms with Gasteiger partial charge in [0.15, 0.2) is 0 Å². The van der Waals surface area contributed by atoms with E-state index in [9.17, 15) is 29.4 Å². The van der Waals surface area contributed by atoms with E-state index in [0.29, 0.717) is 6.42 Å². The summed E-state index contributed by atoms with van der Waals surface area (Å²) >= 11 is 1.31. The zero-order valence-electron chi connectivity index (χ0n) is 13.4. The highest BCUT2D eigenvalue weighted by Gasteiger charge is 2.62. The van der Waals surface area contributed by atoms with Crippen molar-refractivity contribution in [3.63, 3.8) is 0 Å². The summed E-state index contributed by atoms with van der Waals surface area (Å²) in [5, 5.41) is 24.0. The minimum absolute atomic E-state index is 0.0633. The van der Waals surface area contributed by atoms with E-state index in [4.69, 9.17) is 0 Å². The van der Waals surface area contributed by atoms with Crippen molar-refractivity contribution < 1.29 is 35.1 Å². The zero-order valence-corrected chi connectivity index (χ0v) is 14.3. The Morgan fingerprint density at radius 2 is 2.00 bits per heavy atom. The quantitative estimate of drug-likeness (QED) is 0.437. The van der Waals surface area contributed by atoms with Crippen molar-refractivity contribution in [2.24, 2.45) is 0 Å². The Bertz CT molecular complexity index is 581. The number of rotatable bonds is 7. The second kappa shape index (κ2) is 6.60. The molecule has 0 bridgehead atoms. The molecule has 4 N–H and O–H groups in total. The first kappa shape index (κ1) is 18.5. The number of fused-ring (bicyclic) bond motifs is 1. The van der Waals surface area contributed by atoms with Crippen LogP contribution in [0.4, 0.5) is 0 Å². The van der Waals surface area contributed by atoms with Crippen molar-refractivity contribution in [2.75, 3.05) is 0 Å². The van der Waals surface area contributed by atoms with Crippen LogP contribution >= 0.6 is 11.8 Å². The minimum atomic E-state index is -1.31. The molecule has 0 spiro atoms. The summed E-state index contributed by atoms with van der Waals surface area (Å²) in [5.41, 5.74) is 3.40. The van der Waals surface area contributed by atoms with E-state index < -0.39 is 46.1 Å². The monoisotopic (exact) mass is 358 g/mol. The van der Waals surface area contributed by atoms with Gasteiger partial charge in [-0.3, -0.25) is 9.59 Å². The molecule has 0 saturated carbocycles. The first-order chi connectivity index (χ1) is 11.1.